The summed E-state index contributed by atoms with van der Waals surface area (Å²) in [5.41, 5.74) is -0.0949. The normalized spacial score (nSPS) is 20.7. The lowest BCUT2D eigenvalue weighted by Gasteiger charge is -2.21. The largest absolute Gasteiger partial charge is 0.359 e. The van der Waals surface area contributed by atoms with Crippen molar-refractivity contribution >= 4 is 11.7 Å². The van der Waals surface area contributed by atoms with Crippen molar-refractivity contribution in [1.82, 2.24) is 10.5 Å². The van der Waals surface area contributed by atoms with Gasteiger partial charge in [-0.05, 0) is 19.4 Å². The van der Waals surface area contributed by atoms with Crippen LogP contribution >= 0.6 is 0 Å². The van der Waals surface area contributed by atoms with Crippen LogP contribution in [0.5, 0.6) is 0 Å². The van der Waals surface area contributed by atoms with E-state index in [0.29, 0.717) is 5.82 Å². The first kappa shape index (κ1) is 13.1. The maximum absolute atomic E-state index is 12.0. The van der Waals surface area contributed by atoms with Crippen LogP contribution in [0.1, 0.15) is 39.4 Å². The molecular weight excluding hydrogens is 230 g/mol. The highest BCUT2D eigenvalue weighted by molar-refractivity contribution is 5.91. The predicted molar refractivity (Wildman–Crippen MR) is 69.4 cm³/mol. The Hall–Kier alpha value is -1.36. The zero-order valence-corrected chi connectivity index (χ0v) is 11.2. The molecule has 2 rings (SSSR count). The van der Waals surface area contributed by atoms with Gasteiger partial charge in [-0.15, -0.1) is 0 Å². The van der Waals surface area contributed by atoms with Crippen LogP contribution in [-0.4, -0.2) is 24.2 Å². The van der Waals surface area contributed by atoms with Crippen LogP contribution in [0.15, 0.2) is 10.6 Å². The molecule has 1 aromatic rings. The van der Waals surface area contributed by atoms with E-state index in [1.165, 1.54) is 0 Å². The lowest BCUT2D eigenvalue weighted by molar-refractivity contribution is -0.120. The first-order valence-electron chi connectivity index (χ1n) is 6.45. The molecule has 1 aliphatic rings. The summed E-state index contributed by atoms with van der Waals surface area (Å²) < 4.78 is 5.24. The van der Waals surface area contributed by atoms with E-state index in [4.69, 9.17) is 4.52 Å². The minimum Gasteiger partial charge on any atom is -0.359 e. The molecule has 1 saturated heterocycles. The van der Waals surface area contributed by atoms with Gasteiger partial charge < -0.3 is 15.2 Å². The number of carbonyl (C=O) groups excluding carboxylic acids is 1. The molecule has 1 fully saturated rings. The fraction of sp³-hybridized carbons (Fsp3) is 0.692. The van der Waals surface area contributed by atoms with Crippen LogP contribution in [-0.2, 0) is 10.2 Å². The van der Waals surface area contributed by atoms with E-state index < -0.39 is 0 Å². The molecule has 0 bridgehead atoms. The molecule has 0 saturated carbocycles. The molecular formula is C13H21N3O2. The van der Waals surface area contributed by atoms with E-state index in [9.17, 15) is 4.79 Å². The molecule has 0 aliphatic carbocycles. The second-order valence-electron chi connectivity index (χ2n) is 5.86. The summed E-state index contributed by atoms with van der Waals surface area (Å²) >= 11 is 0. The van der Waals surface area contributed by atoms with Crippen molar-refractivity contribution in [3.05, 3.63) is 11.8 Å². The molecule has 18 heavy (non-hydrogen) atoms. The molecule has 1 aliphatic heterocycles. The SMILES string of the molecule is CC(C)(C)c1cc(NC(=O)[C@@H]2CCCNC2)no1. The fourth-order valence-corrected chi connectivity index (χ4v) is 1.99. The number of nitrogens with one attached hydrogen (secondary N) is 2. The van der Waals surface area contributed by atoms with E-state index in [1.54, 1.807) is 6.07 Å². The molecule has 0 unspecified atom stereocenters. The number of hydrogen-bond donors (Lipinski definition) is 2. The molecule has 2 heterocycles. The van der Waals surface area contributed by atoms with Crippen molar-refractivity contribution < 1.29 is 9.32 Å². The number of piperidine rings is 1. The second kappa shape index (κ2) is 5.10. The fourth-order valence-electron chi connectivity index (χ4n) is 1.99. The highest BCUT2D eigenvalue weighted by Crippen LogP contribution is 2.24. The molecule has 5 nitrogen and oxygen atoms in total. The molecule has 1 aromatic heterocycles. The molecule has 0 radical (unpaired) electrons. The van der Waals surface area contributed by atoms with E-state index in [2.05, 4.69) is 15.8 Å². The van der Waals surface area contributed by atoms with Crippen LogP contribution in [0, 0.1) is 5.92 Å². The lowest BCUT2D eigenvalue weighted by atomic mass is 9.93. The van der Waals surface area contributed by atoms with Crippen LogP contribution < -0.4 is 10.6 Å². The number of carbonyl (C=O) groups is 1. The molecule has 100 valence electrons. The maximum atomic E-state index is 12.0. The molecule has 1 atom stereocenters. The number of rotatable bonds is 2. The number of amides is 1. The number of nitrogens with zero attached hydrogens (tertiary/aromatic N) is 1. The lowest BCUT2D eigenvalue weighted by Crippen LogP contribution is -2.37. The van der Waals surface area contributed by atoms with Crippen molar-refractivity contribution in [2.75, 3.05) is 18.4 Å². The van der Waals surface area contributed by atoms with Crippen molar-refractivity contribution in [3.8, 4) is 0 Å². The Bertz CT molecular complexity index is 414. The highest BCUT2D eigenvalue weighted by atomic mass is 16.5. The Balaban J connectivity index is 1.96. The van der Waals surface area contributed by atoms with E-state index in [1.807, 2.05) is 20.8 Å². The van der Waals surface area contributed by atoms with Crippen molar-refractivity contribution in [1.29, 1.82) is 0 Å². The Morgan fingerprint density at radius 1 is 1.56 bits per heavy atom. The van der Waals surface area contributed by atoms with Crippen molar-refractivity contribution in [3.63, 3.8) is 0 Å². The van der Waals surface area contributed by atoms with Gasteiger partial charge in [0.2, 0.25) is 5.91 Å². The smallest absolute Gasteiger partial charge is 0.230 e. The minimum absolute atomic E-state index is 0.0240. The van der Waals surface area contributed by atoms with Gasteiger partial charge in [-0.3, -0.25) is 4.79 Å². The van der Waals surface area contributed by atoms with Gasteiger partial charge in [0.15, 0.2) is 5.82 Å². The zero-order valence-electron chi connectivity index (χ0n) is 11.2. The monoisotopic (exact) mass is 251 g/mol. The van der Waals surface area contributed by atoms with E-state index in [-0.39, 0.29) is 17.2 Å². The third-order valence-corrected chi connectivity index (χ3v) is 3.17. The third-order valence-electron chi connectivity index (χ3n) is 3.17. The van der Waals surface area contributed by atoms with Gasteiger partial charge in [0.25, 0.3) is 0 Å². The summed E-state index contributed by atoms with van der Waals surface area (Å²) in [6.07, 6.45) is 1.98. The summed E-state index contributed by atoms with van der Waals surface area (Å²) in [5.74, 6) is 1.35. The molecule has 2 N–H and O–H groups in total. The number of anilines is 1. The van der Waals surface area contributed by atoms with Gasteiger partial charge >= 0.3 is 0 Å². The summed E-state index contributed by atoms with van der Waals surface area (Å²) in [7, 11) is 0. The van der Waals surface area contributed by atoms with Crippen molar-refractivity contribution in [2.45, 2.75) is 39.0 Å². The van der Waals surface area contributed by atoms with Crippen LogP contribution in [0.25, 0.3) is 0 Å². The Labute approximate surface area is 107 Å². The summed E-state index contributed by atoms with van der Waals surface area (Å²) in [5, 5.41) is 9.94. The first-order chi connectivity index (χ1) is 8.47. The molecule has 0 aromatic carbocycles. The van der Waals surface area contributed by atoms with Gasteiger partial charge in [0.05, 0.1) is 5.92 Å². The highest BCUT2D eigenvalue weighted by Gasteiger charge is 2.24. The zero-order chi connectivity index (χ0) is 13.2. The van der Waals surface area contributed by atoms with Gasteiger partial charge in [-0.2, -0.15) is 0 Å². The average molecular weight is 251 g/mol. The molecule has 0 spiro atoms. The quantitative estimate of drug-likeness (QED) is 0.842. The van der Waals surface area contributed by atoms with Crippen molar-refractivity contribution in [2.24, 2.45) is 5.92 Å². The van der Waals surface area contributed by atoms with E-state index >= 15 is 0 Å². The standard InChI is InChI=1S/C13H21N3O2/c1-13(2,3)10-7-11(16-18-10)15-12(17)9-5-4-6-14-8-9/h7,9,14H,4-6,8H2,1-3H3,(H,15,16,17)/t9-/m1/s1. The molecule has 1 amide bonds. The van der Waals surface area contributed by atoms with Crippen LogP contribution in [0.4, 0.5) is 5.82 Å². The summed E-state index contributed by atoms with van der Waals surface area (Å²) in [4.78, 5) is 12.0. The predicted octanol–water partition coefficient (Wildman–Crippen LogP) is 1.91. The Kier molecular flexibility index (Phi) is 3.71. The first-order valence-corrected chi connectivity index (χ1v) is 6.45. The molecule has 5 heteroatoms. The van der Waals surface area contributed by atoms with Gasteiger partial charge in [0, 0.05) is 18.0 Å². The van der Waals surface area contributed by atoms with Crippen LogP contribution in [0.2, 0.25) is 0 Å². The maximum Gasteiger partial charge on any atom is 0.230 e. The summed E-state index contributed by atoms with van der Waals surface area (Å²) in [6, 6.07) is 1.80. The second-order valence-corrected chi connectivity index (χ2v) is 5.86. The van der Waals surface area contributed by atoms with Gasteiger partial charge in [0.1, 0.15) is 5.76 Å². The van der Waals surface area contributed by atoms with E-state index in [0.717, 1.165) is 31.7 Å². The topological polar surface area (TPSA) is 67.2 Å². The third kappa shape index (κ3) is 3.10. The average Bonchev–Trinajstić information content (AvgIpc) is 2.78. The number of aromatic nitrogens is 1. The summed E-state index contributed by atoms with van der Waals surface area (Å²) in [6.45, 7) is 7.89. The van der Waals surface area contributed by atoms with Gasteiger partial charge in [-0.25, -0.2) is 0 Å². The Morgan fingerprint density at radius 2 is 2.33 bits per heavy atom. The van der Waals surface area contributed by atoms with Gasteiger partial charge in [-0.1, -0.05) is 25.9 Å². The Morgan fingerprint density at radius 3 is 2.89 bits per heavy atom. The minimum atomic E-state index is -0.0949. The number of hydrogen-bond acceptors (Lipinski definition) is 4. The van der Waals surface area contributed by atoms with Crippen LogP contribution in [0.3, 0.4) is 0 Å².